The number of ether oxygens (including phenoxy) is 1. The van der Waals surface area contributed by atoms with Gasteiger partial charge in [0, 0.05) is 27.6 Å². The molecule has 0 aromatic heterocycles. The highest BCUT2D eigenvalue weighted by atomic mass is 16.6. The van der Waals surface area contributed by atoms with E-state index in [1.165, 1.54) is 4.90 Å². The van der Waals surface area contributed by atoms with Crippen LogP contribution in [0.1, 0.15) is 73.1 Å². The van der Waals surface area contributed by atoms with Crippen LogP contribution in [0, 0.1) is 11.8 Å². The standard InChI is InChI=1S/C24H48N4O5/c1-9-18(5)23(19(10-2)32-8)28(7)21(30)16-26-24(31)22(17(3)4)27(6)20(29)14-12-11-13-15-33-25/h17-19,22-23H,9-16,25H2,1-8H3,(H,26,31). The molecule has 3 amide bonds. The van der Waals surface area contributed by atoms with Crippen molar-refractivity contribution < 1.29 is 24.0 Å². The summed E-state index contributed by atoms with van der Waals surface area (Å²) in [7, 11) is 5.07. The SMILES string of the molecule is CCC(C)C(C(CC)OC)N(C)C(=O)CNC(=O)C(C(C)C)N(C)C(=O)CCCCCON. The van der Waals surface area contributed by atoms with Gasteiger partial charge in [0.25, 0.3) is 0 Å². The summed E-state index contributed by atoms with van der Waals surface area (Å²) in [6.07, 6.45) is 4.30. The fourth-order valence-corrected chi connectivity index (χ4v) is 4.24. The van der Waals surface area contributed by atoms with Gasteiger partial charge >= 0.3 is 0 Å². The second-order valence-electron chi connectivity index (χ2n) is 9.16. The first-order valence-corrected chi connectivity index (χ1v) is 12.2. The summed E-state index contributed by atoms with van der Waals surface area (Å²) in [5.74, 6) is 4.57. The zero-order chi connectivity index (χ0) is 25.6. The molecule has 0 spiro atoms. The van der Waals surface area contributed by atoms with Gasteiger partial charge in [0.1, 0.15) is 6.04 Å². The average Bonchev–Trinajstić information content (AvgIpc) is 2.79. The monoisotopic (exact) mass is 472 g/mol. The summed E-state index contributed by atoms with van der Waals surface area (Å²) in [4.78, 5) is 46.2. The number of rotatable bonds is 17. The number of hydrogen-bond donors (Lipinski definition) is 2. The molecule has 194 valence electrons. The number of nitrogens with zero attached hydrogens (tertiary/aromatic N) is 2. The van der Waals surface area contributed by atoms with E-state index in [1.807, 2.05) is 20.8 Å². The molecule has 4 unspecified atom stereocenters. The summed E-state index contributed by atoms with van der Waals surface area (Å²) >= 11 is 0. The zero-order valence-electron chi connectivity index (χ0n) is 22.1. The molecule has 0 saturated carbocycles. The highest BCUT2D eigenvalue weighted by molar-refractivity contribution is 5.90. The molecule has 4 atom stereocenters. The van der Waals surface area contributed by atoms with Gasteiger partial charge in [-0.3, -0.25) is 14.4 Å². The third kappa shape index (κ3) is 10.4. The van der Waals surface area contributed by atoms with E-state index in [2.05, 4.69) is 24.0 Å². The van der Waals surface area contributed by atoms with E-state index in [-0.39, 0.29) is 48.2 Å². The average molecular weight is 473 g/mol. The molecule has 0 bridgehead atoms. The van der Waals surface area contributed by atoms with E-state index in [1.54, 1.807) is 26.1 Å². The quantitative estimate of drug-likeness (QED) is 0.248. The van der Waals surface area contributed by atoms with Crippen molar-refractivity contribution in [3.63, 3.8) is 0 Å². The van der Waals surface area contributed by atoms with Crippen molar-refractivity contribution in [2.75, 3.05) is 34.4 Å². The van der Waals surface area contributed by atoms with Crippen molar-refractivity contribution >= 4 is 17.7 Å². The molecule has 0 aromatic carbocycles. The van der Waals surface area contributed by atoms with Gasteiger partial charge in [-0.1, -0.05) is 47.5 Å². The summed E-state index contributed by atoms with van der Waals surface area (Å²) in [6, 6.07) is -0.722. The van der Waals surface area contributed by atoms with E-state index in [4.69, 9.17) is 10.6 Å². The van der Waals surface area contributed by atoms with Gasteiger partial charge in [0.2, 0.25) is 17.7 Å². The van der Waals surface area contributed by atoms with Crippen LogP contribution in [0.15, 0.2) is 0 Å². The van der Waals surface area contributed by atoms with Crippen LogP contribution in [-0.4, -0.2) is 80.1 Å². The molecule has 9 heteroatoms. The smallest absolute Gasteiger partial charge is 0.243 e. The molecule has 0 saturated heterocycles. The molecule has 3 N–H and O–H groups in total. The lowest BCUT2D eigenvalue weighted by Crippen LogP contribution is -2.54. The number of carbonyl (C=O) groups excluding carboxylic acids is 3. The molecule has 0 aliphatic heterocycles. The van der Waals surface area contributed by atoms with Crippen molar-refractivity contribution in [2.24, 2.45) is 17.7 Å². The Hall–Kier alpha value is -1.71. The predicted molar refractivity (Wildman–Crippen MR) is 130 cm³/mol. The Balaban J connectivity index is 5.05. The maximum atomic E-state index is 12.9. The lowest BCUT2D eigenvalue weighted by atomic mass is 9.91. The molecule has 9 nitrogen and oxygen atoms in total. The number of likely N-dealkylation sites (N-methyl/N-ethyl adjacent to an activating group) is 2. The Kier molecular flexibility index (Phi) is 16.0. The fraction of sp³-hybridized carbons (Fsp3) is 0.875. The maximum absolute atomic E-state index is 12.9. The minimum absolute atomic E-state index is 0.0758. The number of carbonyl (C=O) groups is 3. The van der Waals surface area contributed by atoms with Crippen molar-refractivity contribution in [1.82, 2.24) is 15.1 Å². The third-order valence-corrected chi connectivity index (χ3v) is 6.43. The van der Waals surface area contributed by atoms with Gasteiger partial charge in [0.15, 0.2) is 0 Å². The second-order valence-corrected chi connectivity index (χ2v) is 9.16. The highest BCUT2D eigenvalue weighted by Crippen LogP contribution is 2.21. The van der Waals surface area contributed by atoms with Gasteiger partial charge in [-0.15, -0.1) is 0 Å². The lowest BCUT2D eigenvalue weighted by molar-refractivity contribution is -0.142. The number of methoxy groups -OCH3 is 1. The summed E-state index contributed by atoms with van der Waals surface area (Å²) in [5.41, 5.74) is 0. The molecular formula is C24H48N4O5. The first-order valence-electron chi connectivity index (χ1n) is 12.2. The highest BCUT2D eigenvalue weighted by Gasteiger charge is 2.33. The van der Waals surface area contributed by atoms with Gasteiger partial charge in [0.05, 0.1) is 25.3 Å². The van der Waals surface area contributed by atoms with Crippen LogP contribution in [0.4, 0.5) is 0 Å². The van der Waals surface area contributed by atoms with E-state index in [0.29, 0.717) is 19.4 Å². The number of amides is 3. The largest absolute Gasteiger partial charge is 0.379 e. The van der Waals surface area contributed by atoms with Gasteiger partial charge < -0.3 is 24.7 Å². The third-order valence-electron chi connectivity index (χ3n) is 6.43. The fourth-order valence-electron chi connectivity index (χ4n) is 4.24. The van der Waals surface area contributed by atoms with Crippen molar-refractivity contribution in [3.8, 4) is 0 Å². The zero-order valence-corrected chi connectivity index (χ0v) is 22.1. The summed E-state index contributed by atoms with van der Waals surface area (Å²) < 4.78 is 5.62. The minimum Gasteiger partial charge on any atom is -0.379 e. The number of unbranched alkanes of at least 4 members (excludes halogenated alkanes) is 2. The molecule has 0 rings (SSSR count). The van der Waals surface area contributed by atoms with Gasteiger partial charge in [-0.25, -0.2) is 5.90 Å². The van der Waals surface area contributed by atoms with Gasteiger partial charge in [-0.2, -0.15) is 0 Å². The molecule has 0 aromatic rings. The van der Waals surface area contributed by atoms with E-state index in [0.717, 1.165) is 25.7 Å². The number of hydrogen-bond acceptors (Lipinski definition) is 6. The maximum Gasteiger partial charge on any atom is 0.243 e. The van der Waals surface area contributed by atoms with E-state index in [9.17, 15) is 14.4 Å². The topological polar surface area (TPSA) is 114 Å². The Morgan fingerprint density at radius 1 is 0.939 bits per heavy atom. The first-order chi connectivity index (χ1) is 15.6. The second kappa shape index (κ2) is 16.8. The van der Waals surface area contributed by atoms with Crippen molar-refractivity contribution in [1.29, 1.82) is 0 Å². The minimum atomic E-state index is -0.643. The summed E-state index contributed by atoms with van der Waals surface area (Å²) in [5, 5.41) is 2.76. The normalized spacial score (nSPS) is 15.0. The van der Waals surface area contributed by atoms with E-state index >= 15 is 0 Å². The Morgan fingerprint density at radius 3 is 2.06 bits per heavy atom. The molecule has 0 aliphatic carbocycles. The Bertz CT molecular complexity index is 583. The predicted octanol–water partition coefficient (Wildman–Crippen LogP) is 2.33. The van der Waals surface area contributed by atoms with Crippen LogP contribution in [0.2, 0.25) is 0 Å². The lowest BCUT2D eigenvalue weighted by Gasteiger charge is -2.37. The first kappa shape index (κ1) is 31.3. The van der Waals surface area contributed by atoms with Crippen LogP contribution in [0.3, 0.4) is 0 Å². The van der Waals surface area contributed by atoms with Crippen molar-refractivity contribution in [2.45, 2.75) is 91.3 Å². The van der Waals surface area contributed by atoms with Crippen LogP contribution < -0.4 is 11.2 Å². The van der Waals surface area contributed by atoms with Crippen LogP contribution in [0.25, 0.3) is 0 Å². The molecule has 0 fully saturated rings. The molecule has 0 aliphatic rings. The van der Waals surface area contributed by atoms with Crippen LogP contribution >= 0.6 is 0 Å². The Labute approximate surface area is 200 Å². The van der Waals surface area contributed by atoms with E-state index < -0.39 is 6.04 Å². The van der Waals surface area contributed by atoms with Crippen LogP contribution in [-0.2, 0) is 24.0 Å². The molecule has 0 radical (unpaired) electrons. The van der Waals surface area contributed by atoms with Crippen molar-refractivity contribution in [3.05, 3.63) is 0 Å². The van der Waals surface area contributed by atoms with Gasteiger partial charge in [-0.05, 0) is 31.1 Å². The molecule has 33 heavy (non-hydrogen) atoms. The number of nitrogens with two attached hydrogens (primary N) is 1. The summed E-state index contributed by atoms with van der Waals surface area (Å²) in [6.45, 7) is 10.4. The Morgan fingerprint density at radius 2 is 1.58 bits per heavy atom. The molecule has 0 heterocycles. The molecular weight excluding hydrogens is 424 g/mol. The van der Waals surface area contributed by atoms with Crippen LogP contribution in [0.5, 0.6) is 0 Å². The number of nitrogens with one attached hydrogen (secondary N) is 1.